The third-order valence-corrected chi connectivity index (χ3v) is 1.27. The van der Waals surface area contributed by atoms with E-state index in [0.29, 0.717) is 5.76 Å². The van der Waals surface area contributed by atoms with Gasteiger partial charge in [0.1, 0.15) is 5.76 Å². The Morgan fingerprint density at radius 2 is 2.33 bits per heavy atom. The van der Waals surface area contributed by atoms with E-state index in [4.69, 9.17) is 16.7 Å². The molecule has 1 unspecified atom stereocenters. The van der Waals surface area contributed by atoms with E-state index in [0.717, 1.165) is 12.8 Å². The molecule has 0 radical (unpaired) electrons. The van der Waals surface area contributed by atoms with Gasteiger partial charge < -0.3 is 5.11 Å². The Hall–Kier alpha value is -0.170. The molecule has 2 heteroatoms. The Morgan fingerprint density at radius 3 is 2.67 bits per heavy atom. The first-order chi connectivity index (χ1) is 4.18. The van der Waals surface area contributed by atoms with Gasteiger partial charge in [0.05, 0.1) is 5.38 Å². The number of hydrogen-bond acceptors (Lipinski definition) is 1. The molecule has 0 aliphatic rings. The van der Waals surface area contributed by atoms with Crippen LogP contribution in [0.1, 0.15) is 26.7 Å². The van der Waals surface area contributed by atoms with Crippen LogP contribution in [0.2, 0.25) is 0 Å². The Morgan fingerprint density at radius 1 is 1.78 bits per heavy atom. The van der Waals surface area contributed by atoms with Gasteiger partial charge in [-0.25, -0.2) is 0 Å². The lowest BCUT2D eigenvalue weighted by Crippen LogP contribution is -1.94. The molecule has 0 aromatic rings. The van der Waals surface area contributed by atoms with Crippen molar-refractivity contribution in [2.24, 2.45) is 0 Å². The quantitative estimate of drug-likeness (QED) is 0.482. The average Bonchev–Trinajstić information content (AvgIpc) is 1.82. The van der Waals surface area contributed by atoms with Crippen LogP contribution >= 0.6 is 11.6 Å². The van der Waals surface area contributed by atoms with E-state index in [1.165, 1.54) is 0 Å². The Balaban J connectivity index is 3.55. The van der Waals surface area contributed by atoms with Crippen molar-refractivity contribution in [1.82, 2.24) is 0 Å². The topological polar surface area (TPSA) is 20.2 Å². The highest BCUT2D eigenvalue weighted by molar-refractivity contribution is 6.21. The number of rotatable bonds is 3. The third-order valence-electron chi connectivity index (χ3n) is 1.05. The first-order valence-corrected chi connectivity index (χ1v) is 3.65. The van der Waals surface area contributed by atoms with Crippen molar-refractivity contribution in [3.05, 3.63) is 11.8 Å². The van der Waals surface area contributed by atoms with Gasteiger partial charge in [-0.05, 0) is 19.4 Å². The second-order valence-corrected chi connectivity index (χ2v) is 2.69. The van der Waals surface area contributed by atoms with Crippen LogP contribution in [0.3, 0.4) is 0 Å². The van der Waals surface area contributed by atoms with Gasteiger partial charge in [-0.3, -0.25) is 0 Å². The monoisotopic (exact) mass is 148 g/mol. The summed E-state index contributed by atoms with van der Waals surface area (Å²) in [6.45, 7) is 3.81. The van der Waals surface area contributed by atoms with Gasteiger partial charge in [-0.2, -0.15) is 0 Å². The van der Waals surface area contributed by atoms with Gasteiger partial charge in [-0.1, -0.05) is 13.3 Å². The average molecular weight is 149 g/mol. The van der Waals surface area contributed by atoms with Crippen molar-refractivity contribution in [2.45, 2.75) is 32.1 Å². The lowest BCUT2D eigenvalue weighted by atomic mass is 10.2. The molecule has 1 atom stereocenters. The van der Waals surface area contributed by atoms with Crippen LogP contribution < -0.4 is 0 Å². The molecule has 0 spiro atoms. The summed E-state index contributed by atoms with van der Waals surface area (Å²) in [7, 11) is 0. The molecule has 0 amide bonds. The maximum absolute atomic E-state index is 8.99. The summed E-state index contributed by atoms with van der Waals surface area (Å²) < 4.78 is 0. The van der Waals surface area contributed by atoms with Crippen molar-refractivity contribution >= 4 is 11.6 Å². The number of aliphatic hydroxyl groups excluding tert-OH is 1. The lowest BCUT2D eigenvalue weighted by molar-refractivity contribution is 0.393. The molecule has 0 bridgehead atoms. The fourth-order valence-electron chi connectivity index (χ4n) is 0.455. The van der Waals surface area contributed by atoms with E-state index >= 15 is 0 Å². The summed E-state index contributed by atoms with van der Waals surface area (Å²) in [6, 6.07) is 0. The van der Waals surface area contributed by atoms with Crippen molar-refractivity contribution < 1.29 is 5.11 Å². The second kappa shape index (κ2) is 4.68. The Labute approximate surface area is 61.3 Å². The van der Waals surface area contributed by atoms with E-state index < -0.39 is 0 Å². The summed E-state index contributed by atoms with van der Waals surface area (Å²) in [6.07, 6.45) is 3.72. The molecule has 0 rings (SSSR count). The highest BCUT2D eigenvalue weighted by atomic mass is 35.5. The van der Waals surface area contributed by atoms with Crippen molar-refractivity contribution in [3.63, 3.8) is 0 Å². The number of unbranched alkanes of at least 4 members (excludes halogenated alkanes) is 1. The Bertz CT molecular complexity index is 97.1. The van der Waals surface area contributed by atoms with Gasteiger partial charge in [0.15, 0.2) is 0 Å². The van der Waals surface area contributed by atoms with Crippen LogP contribution in [0, 0.1) is 0 Å². The Kier molecular flexibility index (Phi) is 4.60. The predicted molar refractivity (Wildman–Crippen MR) is 40.9 cm³/mol. The molecule has 0 saturated carbocycles. The van der Waals surface area contributed by atoms with Crippen molar-refractivity contribution in [3.8, 4) is 0 Å². The second-order valence-electron chi connectivity index (χ2n) is 2.03. The zero-order valence-electron chi connectivity index (χ0n) is 5.89. The summed E-state index contributed by atoms with van der Waals surface area (Å²) in [5, 5.41) is 8.75. The number of aliphatic hydroxyl groups is 1. The molecule has 54 valence electrons. The van der Waals surface area contributed by atoms with Crippen LogP contribution in [0.25, 0.3) is 0 Å². The highest BCUT2D eigenvalue weighted by Crippen LogP contribution is 2.06. The standard InChI is InChI=1S/C7H13ClO/c1-3-4-5-7(9)6(2)8/h5-6,9H,3-4H2,1-2H3. The van der Waals surface area contributed by atoms with Crippen LogP contribution in [-0.2, 0) is 0 Å². The first kappa shape index (κ1) is 8.83. The van der Waals surface area contributed by atoms with Crippen LogP contribution in [0.5, 0.6) is 0 Å². The molecule has 9 heavy (non-hydrogen) atoms. The van der Waals surface area contributed by atoms with Crippen LogP contribution in [0.15, 0.2) is 11.8 Å². The van der Waals surface area contributed by atoms with Gasteiger partial charge in [-0.15, -0.1) is 11.6 Å². The largest absolute Gasteiger partial charge is 0.511 e. The SMILES string of the molecule is CCCC=C(O)C(C)Cl. The number of halogens is 1. The smallest absolute Gasteiger partial charge is 0.106 e. The molecule has 0 aromatic heterocycles. The zero-order valence-corrected chi connectivity index (χ0v) is 6.65. The van der Waals surface area contributed by atoms with Gasteiger partial charge in [0, 0.05) is 0 Å². The molecule has 1 N–H and O–H groups in total. The molecular weight excluding hydrogens is 136 g/mol. The molecule has 0 heterocycles. The minimum absolute atomic E-state index is 0.239. The lowest BCUT2D eigenvalue weighted by Gasteiger charge is -1.99. The minimum Gasteiger partial charge on any atom is -0.511 e. The van der Waals surface area contributed by atoms with E-state index in [1.807, 2.05) is 0 Å². The van der Waals surface area contributed by atoms with Gasteiger partial charge in [0.2, 0.25) is 0 Å². The van der Waals surface area contributed by atoms with Crippen molar-refractivity contribution in [2.75, 3.05) is 0 Å². The molecule has 0 aromatic carbocycles. The van der Waals surface area contributed by atoms with Crippen LogP contribution in [-0.4, -0.2) is 10.5 Å². The number of hydrogen-bond donors (Lipinski definition) is 1. The molecule has 0 fully saturated rings. The fourth-order valence-corrected chi connectivity index (χ4v) is 0.544. The summed E-state index contributed by atoms with van der Waals surface area (Å²) in [5.41, 5.74) is 0. The zero-order chi connectivity index (χ0) is 7.28. The minimum atomic E-state index is -0.239. The van der Waals surface area contributed by atoms with E-state index in [1.54, 1.807) is 13.0 Å². The first-order valence-electron chi connectivity index (χ1n) is 3.21. The number of allylic oxidation sites excluding steroid dienone is 2. The van der Waals surface area contributed by atoms with Crippen LogP contribution in [0.4, 0.5) is 0 Å². The molecule has 0 aliphatic carbocycles. The summed E-state index contributed by atoms with van der Waals surface area (Å²) >= 11 is 5.55. The summed E-state index contributed by atoms with van der Waals surface area (Å²) in [5.74, 6) is 0.290. The fraction of sp³-hybridized carbons (Fsp3) is 0.714. The molecule has 1 nitrogen and oxygen atoms in total. The highest BCUT2D eigenvalue weighted by Gasteiger charge is 1.98. The van der Waals surface area contributed by atoms with Gasteiger partial charge in [0.25, 0.3) is 0 Å². The van der Waals surface area contributed by atoms with Crippen molar-refractivity contribution in [1.29, 1.82) is 0 Å². The summed E-state index contributed by atoms with van der Waals surface area (Å²) in [4.78, 5) is 0. The maximum Gasteiger partial charge on any atom is 0.106 e. The molecule has 0 aliphatic heterocycles. The van der Waals surface area contributed by atoms with E-state index in [-0.39, 0.29) is 5.38 Å². The van der Waals surface area contributed by atoms with E-state index in [9.17, 15) is 0 Å². The normalized spacial score (nSPS) is 15.7. The van der Waals surface area contributed by atoms with E-state index in [2.05, 4.69) is 6.92 Å². The third kappa shape index (κ3) is 4.34. The predicted octanol–water partition coefficient (Wildman–Crippen LogP) is 2.86. The van der Waals surface area contributed by atoms with Gasteiger partial charge >= 0.3 is 0 Å². The maximum atomic E-state index is 8.99. The molecule has 0 saturated heterocycles. The number of alkyl halides is 1. The molecular formula is C7H13ClO.